The molecule has 0 bridgehead atoms. The van der Waals surface area contributed by atoms with Crippen LogP contribution in [0, 0.1) is 41.4 Å². The summed E-state index contributed by atoms with van der Waals surface area (Å²) >= 11 is 2.11. The number of unbranched alkanes of at least 4 members (excludes halogenated alkanes) is 1. The Morgan fingerprint density at radius 3 is 2.81 bits per heavy atom. The van der Waals surface area contributed by atoms with Crippen LogP contribution in [0.3, 0.4) is 0 Å². The van der Waals surface area contributed by atoms with Crippen LogP contribution in [0.25, 0.3) is 0 Å². The molecule has 0 aromatic heterocycles. The Hall–Kier alpha value is -0.680. The molecular weight excluding hydrogens is 336 g/mol. The Kier molecular flexibility index (Phi) is 5.06. The molecule has 3 fully saturated rings. The molecular formula is C24H34OS. The molecule has 6 atom stereocenters. The first-order valence-electron chi connectivity index (χ1n) is 10.9. The summed E-state index contributed by atoms with van der Waals surface area (Å²) in [5, 5.41) is 0. The van der Waals surface area contributed by atoms with Crippen LogP contribution in [0.15, 0.2) is 11.6 Å². The molecule has 0 N–H and O–H groups in total. The lowest BCUT2D eigenvalue weighted by atomic mass is 9.51. The average Bonchev–Trinajstić information content (AvgIpc) is 2.94. The van der Waals surface area contributed by atoms with E-state index >= 15 is 0 Å². The van der Waals surface area contributed by atoms with Crippen LogP contribution >= 0.6 is 11.8 Å². The number of carbonyl (C=O) groups is 1. The highest BCUT2D eigenvalue weighted by molar-refractivity contribution is 8.00. The number of hydrogen-bond acceptors (Lipinski definition) is 2. The van der Waals surface area contributed by atoms with Gasteiger partial charge in [0.05, 0.1) is 4.75 Å². The Morgan fingerprint density at radius 2 is 2.04 bits per heavy atom. The fourth-order valence-corrected chi connectivity index (χ4v) is 8.80. The van der Waals surface area contributed by atoms with Crippen molar-refractivity contribution in [3.05, 3.63) is 11.6 Å². The number of fused-ring (bicyclic) bond motifs is 5. The summed E-state index contributed by atoms with van der Waals surface area (Å²) in [6.45, 7) is 4.81. The average molecular weight is 371 g/mol. The molecule has 2 heteroatoms. The minimum Gasteiger partial charge on any atom is -0.295 e. The Bertz CT molecular complexity index is 643. The van der Waals surface area contributed by atoms with Gasteiger partial charge in [-0.15, -0.1) is 18.2 Å². The molecule has 142 valence electrons. The highest BCUT2D eigenvalue weighted by Gasteiger charge is 2.62. The van der Waals surface area contributed by atoms with Gasteiger partial charge < -0.3 is 0 Å². The summed E-state index contributed by atoms with van der Waals surface area (Å²) < 4.78 is 0.0659. The van der Waals surface area contributed by atoms with Gasteiger partial charge in [0, 0.05) is 6.42 Å². The number of thioether (sulfide) groups is 1. The normalized spacial score (nSPS) is 44.5. The third kappa shape index (κ3) is 2.72. The number of terminal acetylenes is 1. The molecule has 0 aliphatic heterocycles. The molecule has 0 aromatic carbocycles. The van der Waals surface area contributed by atoms with Gasteiger partial charge in [-0.3, -0.25) is 4.79 Å². The van der Waals surface area contributed by atoms with Crippen molar-refractivity contribution in [2.45, 2.75) is 82.8 Å². The summed E-state index contributed by atoms with van der Waals surface area (Å²) in [6.07, 6.45) is 20.3. The lowest BCUT2D eigenvalue weighted by molar-refractivity contribution is -0.116. The van der Waals surface area contributed by atoms with E-state index in [1.54, 1.807) is 0 Å². The van der Waals surface area contributed by atoms with Crippen LogP contribution in [0.1, 0.15) is 78.1 Å². The maximum Gasteiger partial charge on any atom is 0.155 e. The van der Waals surface area contributed by atoms with E-state index in [9.17, 15) is 4.79 Å². The molecule has 4 rings (SSSR count). The minimum absolute atomic E-state index is 0.0659. The molecule has 0 spiro atoms. The molecule has 0 amide bonds. The van der Waals surface area contributed by atoms with Crippen molar-refractivity contribution in [1.82, 2.24) is 0 Å². The second-order valence-corrected chi connectivity index (χ2v) is 10.9. The van der Waals surface area contributed by atoms with E-state index in [-0.39, 0.29) is 4.75 Å². The first-order valence-corrected chi connectivity index (χ1v) is 11.9. The first-order chi connectivity index (χ1) is 12.5. The van der Waals surface area contributed by atoms with E-state index in [0.717, 1.165) is 37.0 Å². The molecule has 0 heterocycles. The maximum atomic E-state index is 11.9. The zero-order chi connectivity index (χ0) is 18.4. The van der Waals surface area contributed by atoms with Gasteiger partial charge in [-0.2, -0.15) is 0 Å². The number of carbonyl (C=O) groups excluding carboxylic acids is 1. The molecule has 3 saturated carbocycles. The smallest absolute Gasteiger partial charge is 0.155 e. The predicted octanol–water partition coefficient (Wildman–Crippen LogP) is 6.03. The van der Waals surface area contributed by atoms with Crippen LogP contribution < -0.4 is 0 Å². The first kappa shape index (κ1) is 18.7. The van der Waals surface area contributed by atoms with Crippen LogP contribution in [0.2, 0.25) is 0 Å². The minimum atomic E-state index is 0.0659. The molecule has 1 nitrogen and oxygen atoms in total. The number of ketones is 1. The lowest BCUT2D eigenvalue weighted by Gasteiger charge is -2.55. The highest BCUT2D eigenvalue weighted by Crippen LogP contribution is 2.67. The molecule has 4 aliphatic carbocycles. The van der Waals surface area contributed by atoms with Crippen LogP contribution in [0.4, 0.5) is 0 Å². The van der Waals surface area contributed by atoms with E-state index in [0.29, 0.717) is 17.1 Å². The van der Waals surface area contributed by atoms with Crippen molar-refractivity contribution in [3.63, 3.8) is 0 Å². The van der Waals surface area contributed by atoms with Gasteiger partial charge >= 0.3 is 0 Å². The highest BCUT2D eigenvalue weighted by atomic mass is 32.2. The van der Waals surface area contributed by atoms with Crippen molar-refractivity contribution in [2.75, 3.05) is 5.75 Å². The second kappa shape index (κ2) is 7.05. The molecule has 4 unspecified atom stereocenters. The Labute approximate surface area is 164 Å². The van der Waals surface area contributed by atoms with Crippen molar-refractivity contribution >= 4 is 17.5 Å². The third-order valence-electron chi connectivity index (χ3n) is 8.50. The van der Waals surface area contributed by atoms with Gasteiger partial charge in [0.15, 0.2) is 5.78 Å². The zero-order valence-electron chi connectivity index (χ0n) is 16.6. The zero-order valence-corrected chi connectivity index (χ0v) is 17.4. The number of allylic oxidation sites excluding steroid dienone is 1. The second-order valence-electron chi connectivity index (χ2n) is 9.47. The molecule has 26 heavy (non-hydrogen) atoms. The standard InChI is InChI=1S/C24H34OS/c1-4-6-15-26-24(5-2)14-12-22-21-9-7-17-16-18(25)8-10-19(17)20(21)11-13-23(22,24)3/h2,16,19-22H,4,6-15H2,1,3H3/t19?,20?,21?,22?,23-,24+/m0/s1. The van der Waals surface area contributed by atoms with Crippen molar-refractivity contribution in [1.29, 1.82) is 0 Å². The fraction of sp³-hybridized carbons (Fsp3) is 0.792. The summed E-state index contributed by atoms with van der Waals surface area (Å²) in [5.74, 6) is 8.08. The topological polar surface area (TPSA) is 17.1 Å². The summed E-state index contributed by atoms with van der Waals surface area (Å²) in [6, 6.07) is 0. The number of hydrogen-bond donors (Lipinski definition) is 0. The Balaban J connectivity index is 1.57. The number of rotatable bonds is 4. The van der Waals surface area contributed by atoms with E-state index in [1.807, 2.05) is 6.08 Å². The third-order valence-corrected chi connectivity index (χ3v) is 10.3. The van der Waals surface area contributed by atoms with Gasteiger partial charge in [-0.25, -0.2) is 0 Å². The van der Waals surface area contributed by atoms with Gasteiger partial charge in [0.25, 0.3) is 0 Å². The quantitative estimate of drug-likeness (QED) is 0.444. The molecule has 0 saturated heterocycles. The van der Waals surface area contributed by atoms with Crippen molar-refractivity contribution < 1.29 is 4.79 Å². The van der Waals surface area contributed by atoms with E-state index in [1.165, 1.54) is 56.3 Å². The predicted molar refractivity (Wildman–Crippen MR) is 111 cm³/mol. The van der Waals surface area contributed by atoms with Gasteiger partial charge in [-0.1, -0.05) is 31.8 Å². The maximum absolute atomic E-state index is 11.9. The van der Waals surface area contributed by atoms with Crippen molar-refractivity contribution in [2.24, 2.45) is 29.1 Å². The van der Waals surface area contributed by atoms with E-state index in [2.05, 4.69) is 31.5 Å². The molecule has 4 aliphatic rings. The van der Waals surface area contributed by atoms with E-state index in [4.69, 9.17) is 6.42 Å². The summed E-state index contributed by atoms with van der Waals surface area (Å²) in [4.78, 5) is 11.9. The van der Waals surface area contributed by atoms with Crippen molar-refractivity contribution in [3.8, 4) is 12.3 Å². The summed E-state index contributed by atoms with van der Waals surface area (Å²) in [5.41, 5.74) is 1.80. The van der Waals surface area contributed by atoms with E-state index < -0.39 is 0 Å². The van der Waals surface area contributed by atoms with Gasteiger partial charge in [0.1, 0.15) is 0 Å². The van der Waals surface area contributed by atoms with Gasteiger partial charge in [0.2, 0.25) is 0 Å². The summed E-state index contributed by atoms with van der Waals surface area (Å²) in [7, 11) is 0. The fourth-order valence-electron chi connectivity index (χ4n) is 7.09. The molecule has 0 radical (unpaired) electrons. The Morgan fingerprint density at radius 1 is 1.19 bits per heavy atom. The van der Waals surface area contributed by atoms with Crippen LogP contribution in [0.5, 0.6) is 0 Å². The molecule has 0 aromatic rings. The van der Waals surface area contributed by atoms with Crippen LogP contribution in [-0.4, -0.2) is 16.3 Å². The lowest BCUT2D eigenvalue weighted by Crippen LogP contribution is -2.51. The van der Waals surface area contributed by atoms with Crippen LogP contribution in [-0.2, 0) is 4.79 Å². The largest absolute Gasteiger partial charge is 0.295 e. The van der Waals surface area contributed by atoms with Gasteiger partial charge in [-0.05, 0) is 92.3 Å². The monoisotopic (exact) mass is 370 g/mol. The SMILES string of the molecule is C#C[C@@]1(SCCCC)CCC2C3CCC4=CC(=O)CCC4C3CC[C@@]21C.